The standard InChI is InChI=1S/C20H17N3/c1-14-7-5-8-15(13-14)19-16-9-3-4-11-18(16)23(2)20-17(22-19)10-6-12-21-20/h3-13H,1-2H3. The maximum Gasteiger partial charge on any atom is 0.158 e. The van der Waals surface area contributed by atoms with Crippen LogP contribution in [0.2, 0.25) is 0 Å². The molecule has 0 spiro atoms. The summed E-state index contributed by atoms with van der Waals surface area (Å²) in [4.78, 5) is 11.6. The van der Waals surface area contributed by atoms with Crippen molar-refractivity contribution in [1.29, 1.82) is 0 Å². The zero-order valence-electron chi connectivity index (χ0n) is 13.2. The van der Waals surface area contributed by atoms with Crippen LogP contribution in [0.1, 0.15) is 16.7 Å². The second-order valence-corrected chi connectivity index (χ2v) is 5.75. The fourth-order valence-corrected chi connectivity index (χ4v) is 3.01. The lowest BCUT2D eigenvalue weighted by Gasteiger charge is -2.20. The van der Waals surface area contributed by atoms with Crippen molar-refractivity contribution in [3.05, 3.63) is 83.6 Å². The molecular formula is C20H17N3. The van der Waals surface area contributed by atoms with Gasteiger partial charge in [0.25, 0.3) is 0 Å². The van der Waals surface area contributed by atoms with E-state index in [9.17, 15) is 0 Å². The number of aromatic nitrogens is 1. The maximum atomic E-state index is 4.95. The number of aliphatic imine (C=N–C) groups is 1. The first kappa shape index (κ1) is 13.7. The van der Waals surface area contributed by atoms with Crippen LogP contribution in [0.15, 0.2) is 71.9 Å². The molecule has 4 rings (SSSR count). The van der Waals surface area contributed by atoms with E-state index in [1.54, 1.807) is 0 Å². The fourth-order valence-electron chi connectivity index (χ4n) is 3.01. The molecule has 0 aliphatic carbocycles. The molecule has 0 N–H and O–H groups in total. The van der Waals surface area contributed by atoms with Crippen molar-refractivity contribution in [1.82, 2.24) is 4.98 Å². The Morgan fingerprint density at radius 2 is 1.78 bits per heavy atom. The molecule has 0 radical (unpaired) electrons. The maximum absolute atomic E-state index is 4.95. The van der Waals surface area contributed by atoms with Crippen LogP contribution in [0.4, 0.5) is 17.2 Å². The van der Waals surface area contributed by atoms with Crippen molar-refractivity contribution in [3.8, 4) is 0 Å². The van der Waals surface area contributed by atoms with Crippen LogP contribution in [0.5, 0.6) is 0 Å². The number of para-hydroxylation sites is 1. The Balaban J connectivity index is 2.04. The number of aryl methyl sites for hydroxylation is 1. The number of benzene rings is 2. The molecule has 0 saturated heterocycles. The summed E-state index contributed by atoms with van der Waals surface area (Å²) in [5.41, 5.74) is 6.48. The summed E-state index contributed by atoms with van der Waals surface area (Å²) in [7, 11) is 2.04. The van der Waals surface area contributed by atoms with E-state index >= 15 is 0 Å². The molecule has 0 unspecified atom stereocenters. The topological polar surface area (TPSA) is 28.5 Å². The lowest BCUT2D eigenvalue weighted by atomic mass is 9.99. The van der Waals surface area contributed by atoms with Crippen LogP contribution in [0.3, 0.4) is 0 Å². The first-order chi connectivity index (χ1) is 11.2. The second-order valence-electron chi connectivity index (χ2n) is 5.75. The number of hydrogen-bond acceptors (Lipinski definition) is 3. The number of anilines is 2. The van der Waals surface area contributed by atoms with Gasteiger partial charge in [0.15, 0.2) is 5.82 Å². The minimum atomic E-state index is 0.877. The van der Waals surface area contributed by atoms with Gasteiger partial charge in [0, 0.05) is 24.4 Å². The molecule has 3 nitrogen and oxygen atoms in total. The highest BCUT2D eigenvalue weighted by Gasteiger charge is 2.21. The minimum absolute atomic E-state index is 0.877. The number of fused-ring (bicyclic) bond motifs is 2. The Kier molecular flexibility index (Phi) is 3.19. The van der Waals surface area contributed by atoms with Gasteiger partial charge in [-0.3, -0.25) is 0 Å². The second kappa shape index (κ2) is 5.36. The summed E-state index contributed by atoms with van der Waals surface area (Å²) in [6.45, 7) is 2.11. The molecule has 0 atom stereocenters. The molecule has 0 amide bonds. The molecule has 2 heterocycles. The predicted molar refractivity (Wildman–Crippen MR) is 95.2 cm³/mol. The molecule has 112 valence electrons. The van der Waals surface area contributed by atoms with Crippen molar-refractivity contribution in [2.24, 2.45) is 4.99 Å². The highest BCUT2D eigenvalue weighted by molar-refractivity contribution is 6.18. The van der Waals surface area contributed by atoms with Gasteiger partial charge in [-0.2, -0.15) is 0 Å². The van der Waals surface area contributed by atoms with Gasteiger partial charge in [0.05, 0.1) is 11.4 Å². The van der Waals surface area contributed by atoms with E-state index in [0.717, 1.165) is 34.0 Å². The van der Waals surface area contributed by atoms with E-state index in [2.05, 4.69) is 65.3 Å². The van der Waals surface area contributed by atoms with Crippen molar-refractivity contribution in [2.45, 2.75) is 6.92 Å². The average Bonchev–Trinajstić information content (AvgIpc) is 2.71. The van der Waals surface area contributed by atoms with Crippen LogP contribution in [0.25, 0.3) is 0 Å². The number of pyridine rings is 1. The number of hydrogen-bond donors (Lipinski definition) is 0. The zero-order chi connectivity index (χ0) is 15.8. The van der Waals surface area contributed by atoms with E-state index in [-0.39, 0.29) is 0 Å². The molecular weight excluding hydrogens is 282 g/mol. The molecule has 23 heavy (non-hydrogen) atoms. The zero-order valence-corrected chi connectivity index (χ0v) is 13.2. The predicted octanol–water partition coefficient (Wildman–Crippen LogP) is 4.64. The minimum Gasteiger partial charge on any atom is -0.327 e. The highest BCUT2D eigenvalue weighted by atomic mass is 15.2. The van der Waals surface area contributed by atoms with Crippen molar-refractivity contribution < 1.29 is 0 Å². The number of rotatable bonds is 1. The highest BCUT2D eigenvalue weighted by Crippen LogP contribution is 2.37. The Morgan fingerprint density at radius 1 is 0.913 bits per heavy atom. The quantitative estimate of drug-likeness (QED) is 0.655. The third kappa shape index (κ3) is 2.30. The lowest BCUT2D eigenvalue weighted by Crippen LogP contribution is -2.13. The van der Waals surface area contributed by atoms with Crippen molar-refractivity contribution in [3.63, 3.8) is 0 Å². The van der Waals surface area contributed by atoms with Crippen LogP contribution in [-0.2, 0) is 0 Å². The summed E-state index contributed by atoms with van der Waals surface area (Å²) in [6, 6.07) is 20.8. The van der Waals surface area contributed by atoms with Gasteiger partial charge in [-0.1, -0.05) is 42.0 Å². The Bertz CT molecular complexity index is 912. The lowest BCUT2D eigenvalue weighted by molar-refractivity contribution is 1.13. The summed E-state index contributed by atoms with van der Waals surface area (Å²) in [5.74, 6) is 0.877. The Morgan fingerprint density at radius 3 is 2.65 bits per heavy atom. The van der Waals surface area contributed by atoms with Gasteiger partial charge in [-0.05, 0) is 31.2 Å². The summed E-state index contributed by atoms with van der Waals surface area (Å²) in [5, 5.41) is 0. The van der Waals surface area contributed by atoms with Crippen LogP contribution in [0, 0.1) is 6.92 Å². The van der Waals surface area contributed by atoms with Gasteiger partial charge < -0.3 is 4.90 Å². The SMILES string of the molecule is Cc1cccc(C2=Nc3cccnc3N(C)c3ccccc32)c1. The van der Waals surface area contributed by atoms with E-state index in [4.69, 9.17) is 4.99 Å². The van der Waals surface area contributed by atoms with Crippen molar-refractivity contribution in [2.75, 3.05) is 11.9 Å². The van der Waals surface area contributed by atoms with Crippen LogP contribution >= 0.6 is 0 Å². The first-order valence-corrected chi connectivity index (χ1v) is 7.68. The molecule has 0 saturated carbocycles. The Hall–Kier alpha value is -2.94. The molecule has 1 aromatic heterocycles. The molecule has 0 bridgehead atoms. The Labute approximate surface area is 136 Å². The van der Waals surface area contributed by atoms with E-state index in [0.29, 0.717) is 0 Å². The molecule has 2 aromatic carbocycles. The van der Waals surface area contributed by atoms with Gasteiger partial charge in [0.2, 0.25) is 0 Å². The van der Waals surface area contributed by atoms with E-state index in [1.807, 2.05) is 25.4 Å². The van der Waals surface area contributed by atoms with Crippen LogP contribution < -0.4 is 4.90 Å². The smallest absolute Gasteiger partial charge is 0.158 e. The molecule has 1 aliphatic rings. The molecule has 1 aliphatic heterocycles. The van der Waals surface area contributed by atoms with E-state index in [1.165, 1.54) is 5.56 Å². The number of nitrogens with zero attached hydrogens (tertiary/aromatic N) is 3. The molecule has 3 aromatic rings. The van der Waals surface area contributed by atoms with E-state index < -0.39 is 0 Å². The monoisotopic (exact) mass is 299 g/mol. The average molecular weight is 299 g/mol. The van der Waals surface area contributed by atoms with Gasteiger partial charge in [-0.15, -0.1) is 0 Å². The van der Waals surface area contributed by atoms with Gasteiger partial charge >= 0.3 is 0 Å². The van der Waals surface area contributed by atoms with Crippen LogP contribution in [-0.4, -0.2) is 17.7 Å². The van der Waals surface area contributed by atoms with Gasteiger partial charge in [0.1, 0.15) is 5.69 Å². The summed E-state index contributed by atoms with van der Waals surface area (Å²) >= 11 is 0. The van der Waals surface area contributed by atoms with Gasteiger partial charge in [-0.25, -0.2) is 9.98 Å². The summed E-state index contributed by atoms with van der Waals surface area (Å²) < 4.78 is 0. The first-order valence-electron chi connectivity index (χ1n) is 7.68. The fraction of sp³-hybridized carbons (Fsp3) is 0.100. The largest absolute Gasteiger partial charge is 0.327 e. The normalized spacial score (nSPS) is 13.0. The molecule has 0 fully saturated rings. The van der Waals surface area contributed by atoms with Crippen molar-refractivity contribution >= 4 is 22.9 Å². The third-order valence-corrected chi connectivity index (χ3v) is 4.13. The molecule has 3 heteroatoms. The third-order valence-electron chi connectivity index (χ3n) is 4.13. The summed E-state index contributed by atoms with van der Waals surface area (Å²) in [6.07, 6.45) is 1.81.